The first-order valence-electron chi connectivity index (χ1n) is 11.6. The number of sulfonamides is 1. The Kier molecular flexibility index (Phi) is 7.65. The van der Waals surface area contributed by atoms with Gasteiger partial charge in [0.15, 0.2) is 0 Å². The molecule has 0 bridgehead atoms. The van der Waals surface area contributed by atoms with Crippen LogP contribution in [-0.2, 0) is 29.7 Å². The van der Waals surface area contributed by atoms with Gasteiger partial charge in [0.25, 0.3) is 5.91 Å². The Bertz CT molecular complexity index is 1210. The molecule has 0 atom stereocenters. The molecule has 1 amide bonds. The van der Waals surface area contributed by atoms with Crippen LogP contribution in [-0.4, -0.2) is 38.6 Å². The van der Waals surface area contributed by atoms with E-state index in [1.54, 1.807) is 24.3 Å². The van der Waals surface area contributed by atoms with E-state index >= 15 is 0 Å². The second-order valence-electron chi connectivity index (χ2n) is 8.74. The van der Waals surface area contributed by atoms with Gasteiger partial charge < -0.3 is 5.32 Å². The average Bonchev–Trinajstić information content (AvgIpc) is 3.35. The number of anilines is 1. The molecule has 178 valence electrons. The van der Waals surface area contributed by atoms with Crippen molar-refractivity contribution < 1.29 is 13.2 Å². The Hall–Kier alpha value is -3.16. The van der Waals surface area contributed by atoms with Crippen LogP contribution in [0.5, 0.6) is 0 Å². The van der Waals surface area contributed by atoms with Crippen molar-refractivity contribution in [3.8, 4) is 0 Å². The highest BCUT2D eigenvalue weighted by molar-refractivity contribution is 7.92. The number of likely N-dealkylation sites (tertiary alicyclic amines) is 1. The summed E-state index contributed by atoms with van der Waals surface area (Å²) in [5, 5.41) is 3.01. The molecule has 1 heterocycles. The molecule has 4 rings (SSSR count). The number of hydrogen-bond donors (Lipinski definition) is 1. The van der Waals surface area contributed by atoms with Crippen LogP contribution in [0.25, 0.3) is 0 Å². The van der Waals surface area contributed by atoms with Crippen LogP contribution in [0.15, 0.2) is 78.9 Å². The van der Waals surface area contributed by atoms with E-state index in [-0.39, 0.29) is 12.5 Å². The largest absolute Gasteiger partial charge is 0.348 e. The van der Waals surface area contributed by atoms with Crippen molar-refractivity contribution in [1.82, 2.24) is 10.2 Å². The smallest absolute Gasteiger partial charge is 0.251 e. The minimum absolute atomic E-state index is 0.184. The lowest BCUT2D eigenvalue weighted by molar-refractivity contribution is 0.0950. The van der Waals surface area contributed by atoms with Gasteiger partial charge >= 0.3 is 0 Å². The molecule has 6 nitrogen and oxygen atoms in total. The van der Waals surface area contributed by atoms with Crippen LogP contribution in [0.4, 0.5) is 5.69 Å². The summed E-state index contributed by atoms with van der Waals surface area (Å²) in [6.45, 7) is 3.85. The zero-order valence-corrected chi connectivity index (χ0v) is 20.3. The molecule has 3 aromatic carbocycles. The fraction of sp³-hybridized carbons (Fsp3) is 0.296. The van der Waals surface area contributed by atoms with Crippen LogP contribution >= 0.6 is 0 Å². The van der Waals surface area contributed by atoms with Crippen molar-refractivity contribution in [3.05, 3.63) is 101 Å². The zero-order chi connectivity index (χ0) is 24.0. The van der Waals surface area contributed by atoms with Crippen molar-refractivity contribution in [2.75, 3.05) is 23.7 Å². The first-order valence-corrected chi connectivity index (χ1v) is 13.4. The molecule has 1 fully saturated rings. The molecule has 0 aliphatic carbocycles. The first kappa shape index (κ1) is 24.0. The SMILES string of the molecule is CS(=O)(=O)N(Cc1ccccc1)c1ccc(C(=O)NCc2ccccc2CN2CCCC2)cc1. The zero-order valence-electron chi connectivity index (χ0n) is 19.5. The molecule has 0 saturated carbocycles. The van der Waals surface area contributed by atoms with Crippen LogP contribution in [0.3, 0.4) is 0 Å². The van der Waals surface area contributed by atoms with Crippen molar-refractivity contribution in [3.63, 3.8) is 0 Å². The number of hydrogen-bond acceptors (Lipinski definition) is 4. The summed E-state index contributed by atoms with van der Waals surface area (Å²) in [4.78, 5) is 15.2. The number of nitrogens with zero attached hydrogens (tertiary/aromatic N) is 2. The summed E-state index contributed by atoms with van der Waals surface area (Å²) in [6.07, 6.45) is 3.68. The molecule has 0 unspecified atom stereocenters. The third kappa shape index (κ3) is 6.24. The van der Waals surface area contributed by atoms with Crippen LogP contribution in [0.2, 0.25) is 0 Å². The Morgan fingerprint density at radius 1 is 0.882 bits per heavy atom. The second-order valence-corrected chi connectivity index (χ2v) is 10.6. The minimum atomic E-state index is -3.48. The second kappa shape index (κ2) is 10.8. The van der Waals surface area contributed by atoms with Gasteiger partial charge in [0.2, 0.25) is 10.0 Å². The summed E-state index contributed by atoms with van der Waals surface area (Å²) >= 11 is 0. The highest BCUT2D eigenvalue weighted by atomic mass is 32.2. The highest BCUT2D eigenvalue weighted by Gasteiger charge is 2.19. The molecule has 0 spiro atoms. The quantitative estimate of drug-likeness (QED) is 0.502. The summed E-state index contributed by atoms with van der Waals surface area (Å²) in [7, 11) is -3.48. The van der Waals surface area contributed by atoms with Gasteiger partial charge in [-0.05, 0) is 66.9 Å². The lowest BCUT2D eigenvalue weighted by atomic mass is 10.1. The monoisotopic (exact) mass is 477 g/mol. The lowest BCUT2D eigenvalue weighted by Gasteiger charge is -2.22. The Morgan fingerprint density at radius 2 is 1.50 bits per heavy atom. The van der Waals surface area contributed by atoms with Crippen LogP contribution < -0.4 is 9.62 Å². The number of carbonyl (C=O) groups is 1. The molecule has 0 aromatic heterocycles. The maximum atomic E-state index is 12.8. The number of rotatable bonds is 9. The van der Waals surface area contributed by atoms with E-state index in [2.05, 4.69) is 22.3 Å². The van der Waals surface area contributed by atoms with E-state index in [0.717, 1.165) is 30.8 Å². The lowest BCUT2D eigenvalue weighted by Crippen LogP contribution is -2.29. The normalized spacial score (nSPS) is 14.1. The van der Waals surface area contributed by atoms with E-state index < -0.39 is 10.0 Å². The van der Waals surface area contributed by atoms with Gasteiger partial charge in [-0.3, -0.25) is 14.0 Å². The van der Waals surface area contributed by atoms with Crippen molar-refractivity contribution in [2.24, 2.45) is 0 Å². The third-order valence-electron chi connectivity index (χ3n) is 6.14. The summed E-state index contributed by atoms with van der Waals surface area (Å²) in [5.41, 5.74) is 4.27. The van der Waals surface area contributed by atoms with Gasteiger partial charge in [-0.15, -0.1) is 0 Å². The molecule has 7 heteroatoms. The molecule has 1 N–H and O–H groups in total. The van der Waals surface area contributed by atoms with E-state index in [4.69, 9.17) is 0 Å². The molecule has 0 radical (unpaired) electrons. The van der Waals surface area contributed by atoms with E-state index in [1.165, 1.54) is 29.0 Å². The first-order chi connectivity index (χ1) is 16.4. The Balaban J connectivity index is 1.42. The van der Waals surface area contributed by atoms with Gasteiger partial charge in [-0.25, -0.2) is 8.42 Å². The number of carbonyl (C=O) groups excluding carboxylic acids is 1. The average molecular weight is 478 g/mol. The molecule has 1 aliphatic rings. The fourth-order valence-electron chi connectivity index (χ4n) is 4.27. The predicted molar refractivity (Wildman–Crippen MR) is 136 cm³/mol. The van der Waals surface area contributed by atoms with Crippen LogP contribution in [0, 0.1) is 0 Å². The van der Waals surface area contributed by atoms with Gasteiger partial charge in [-0.2, -0.15) is 0 Å². The van der Waals surface area contributed by atoms with E-state index in [9.17, 15) is 13.2 Å². The summed E-state index contributed by atoms with van der Waals surface area (Å²) < 4.78 is 26.2. The van der Waals surface area contributed by atoms with Gasteiger partial charge in [-0.1, -0.05) is 54.6 Å². The highest BCUT2D eigenvalue weighted by Crippen LogP contribution is 2.22. The summed E-state index contributed by atoms with van der Waals surface area (Å²) in [6, 6.07) is 24.4. The molecular weight excluding hydrogens is 446 g/mol. The van der Waals surface area contributed by atoms with Gasteiger partial charge in [0, 0.05) is 18.7 Å². The van der Waals surface area contributed by atoms with Crippen molar-refractivity contribution in [2.45, 2.75) is 32.5 Å². The van der Waals surface area contributed by atoms with Crippen LogP contribution in [0.1, 0.15) is 39.9 Å². The van der Waals surface area contributed by atoms with E-state index in [0.29, 0.717) is 17.8 Å². The van der Waals surface area contributed by atoms with Crippen molar-refractivity contribution in [1.29, 1.82) is 0 Å². The Labute approximate surface area is 202 Å². The molecule has 3 aromatic rings. The number of nitrogens with one attached hydrogen (secondary N) is 1. The van der Waals surface area contributed by atoms with E-state index in [1.807, 2.05) is 42.5 Å². The fourth-order valence-corrected chi connectivity index (χ4v) is 5.16. The molecular formula is C27H31N3O3S. The molecule has 1 saturated heterocycles. The van der Waals surface area contributed by atoms with Gasteiger partial charge in [0.05, 0.1) is 18.5 Å². The maximum Gasteiger partial charge on any atom is 0.251 e. The number of benzene rings is 3. The third-order valence-corrected chi connectivity index (χ3v) is 7.28. The van der Waals surface area contributed by atoms with Crippen molar-refractivity contribution >= 4 is 21.6 Å². The standard InChI is InChI=1S/C27H31N3O3S/c1-34(32,33)30(20-22-9-3-2-4-10-22)26-15-13-23(14-16-26)27(31)28-19-24-11-5-6-12-25(24)21-29-17-7-8-18-29/h2-6,9-16H,7-8,17-21H2,1H3,(H,28,31). The maximum absolute atomic E-state index is 12.8. The topological polar surface area (TPSA) is 69.7 Å². The number of amides is 1. The predicted octanol–water partition coefficient (Wildman–Crippen LogP) is 4.18. The minimum Gasteiger partial charge on any atom is -0.348 e. The Morgan fingerprint density at radius 3 is 2.15 bits per heavy atom. The summed E-state index contributed by atoms with van der Waals surface area (Å²) in [5.74, 6) is -0.184. The molecule has 34 heavy (non-hydrogen) atoms. The molecule has 1 aliphatic heterocycles. The van der Waals surface area contributed by atoms with Gasteiger partial charge in [0.1, 0.15) is 0 Å².